The number of unbranched alkanes of at least 4 members (excludes halogenated alkanes) is 4. The maximum atomic E-state index is 13.4. The number of hydrogen-bond donors (Lipinski definition) is 1. The summed E-state index contributed by atoms with van der Waals surface area (Å²) in [6.07, 6.45) is 7.42. The van der Waals surface area contributed by atoms with Crippen LogP contribution in [0, 0.1) is 5.82 Å². The van der Waals surface area contributed by atoms with E-state index >= 15 is 0 Å². The smallest absolute Gasteiger partial charge is 0.123 e. The topological polar surface area (TPSA) is 12.0 Å². The van der Waals surface area contributed by atoms with Crippen molar-refractivity contribution in [3.8, 4) is 0 Å². The molecule has 1 atom stereocenters. The van der Waals surface area contributed by atoms with Crippen LogP contribution < -0.4 is 5.32 Å². The maximum Gasteiger partial charge on any atom is 0.123 e. The summed E-state index contributed by atoms with van der Waals surface area (Å²) in [5.74, 6) is -0.160. The summed E-state index contributed by atoms with van der Waals surface area (Å²) in [4.78, 5) is 0. The second-order valence-corrected chi connectivity index (χ2v) is 5.83. The van der Waals surface area contributed by atoms with Gasteiger partial charge in [-0.15, -0.1) is 0 Å². The van der Waals surface area contributed by atoms with Crippen LogP contribution in [-0.4, -0.2) is 6.54 Å². The molecule has 0 radical (unpaired) electrons. The fourth-order valence-corrected chi connectivity index (χ4v) is 2.87. The molecule has 0 aliphatic heterocycles. The van der Waals surface area contributed by atoms with E-state index in [1.807, 2.05) is 0 Å². The van der Waals surface area contributed by atoms with Crippen molar-refractivity contribution in [1.29, 1.82) is 0 Å². The molecule has 0 heterocycles. The van der Waals surface area contributed by atoms with Crippen molar-refractivity contribution in [2.75, 3.05) is 6.54 Å². The standard InChI is InChI=1S/C16H25BrFN/c1-3-5-6-7-8-9-16(19-4-2)14-12-13(18)10-11-15(14)17/h10-12,16,19H,3-9H2,1-2H3. The van der Waals surface area contributed by atoms with Crippen molar-refractivity contribution in [1.82, 2.24) is 5.32 Å². The zero-order valence-corrected chi connectivity index (χ0v) is 13.6. The molecule has 1 N–H and O–H groups in total. The largest absolute Gasteiger partial charge is 0.310 e. The normalized spacial score (nSPS) is 12.6. The highest BCUT2D eigenvalue weighted by Gasteiger charge is 2.14. The molecule has 1 aromatic rings. The monoisotopic (exact) mass is 329 g/mol. The van der Waals surface area contributed by atoms with Gasteiger partial charge in [0.1, 0.15) is 5.82 Å². The summed E-state index contributed by atoms with van der Waals surface area (Å²) in [6.45, 7) is 5.23. The molecule has 1 nitrogen and oxygen atoms in total. The Bertz CT molecular complexity index is 368. The van der Waals surface area contributed by atoms with Crippen molar-refractivity contribution in [2.45, 2.75) is 58.4 Å². The lowest BCUT2D eigenvalue weighted by Crippen LogP contribution is -2.21. The van der Waals surface area contributed by atoms with Crippen molar-refractivity contribution in [3.05, 3.63) is 34.1 Å². The molecule has 0 bridgehead atoms. The van der Waals surface area contributed by atoms with Gasteiger partial charge >= 0.3 is 0 Å². The van der Waals surface area contributed by atoms with Gasteiger partial charge in [0.25, 0.3) is 0 Å². The molecule has 0 saturated carbocycles. The second-order valence-electron chi connectivity index (χ2n) is 4.98. The number of nitrogens with one attached hydrogen (secondary N) is 1. The highest BCUT2D eigenvalue weighted by molar-refractivity contribution is 9.10. The Morgan fingerprint density at radius 3 is 2.58 bits per heavy atom. The Kier molecular flexibility index (Phi) is 8.31. The van der Waals surface area contributed by atoms with Crippen molar-refractivity contribution in [2.24, 2.45) is 0 Å². The van der Waals surface area contributed by atoms with Crippen LogP contribution in [-0.2, 0) is 0 Å². The molecule has 0 fully saturated rings. The van der Waals surface area contributed by atoms with Gasteiger partial charge in [-0.2, -0.15) is 0 Å². The summed E-state index contributed by atoms with van der Waals surface area (Å²) >= 11 is 3.53. The minimum absolute atomic E-state index is 0.160. The molecule has 1 rings (SSSR count). The molecule has 0 aromatic heterocycles. The van der Waals surface area contributed by atoms with Gasteiger partial charge < -0.3 is 5.32 Å². The van der Waals surface area contributed by atoms with Gasteiger partial charge in [-0.05, 0) is 36.7 Å². The van der Waals surface area contributed by atoms with Crippen LogP contribution in [0.2, 0.25) is 0 Å². The fourth-order valence-electron chi connectivity index (χ4n) is 2.35. The SMILES string of the molecule is CCCCCCCC(NCC)c1cc(F)ccc1Br. The van der Waals surface area contributed by atoms with Crippen LogP contribution >= 0.6 is 15.9 Å². The van der Waals surface area contributed by atoms with E-state index in [1.165, 1.54) is 38.2 Å². The van der Waals surface area contributed by atoms with Gasteiger partial charge in [0.05, 0.1) is 0 Å². The molecule has 0 saturated heterocycles. The molecule has 19 heavy (non-hydrogen) atoms. The third kappa shape index (κ3) is 6.05. The number of rotatable bonds is 9. The van der Waals surface area contributed by atoms with E-state index in [0.717, 1.165) is 23.0 Å². The highest BCUT2D eigenvalue weighted by Crippen LogP contribution is 2.28. The van der Waals surface area contributed by atoms with E-state index in [9.17, 15) is 4.39 Å². The van der Waals surface area contributed by atoms with Crippen LogP contribution in [0.1, 0.15) is 64.0 Å². The summed E-state index contributed by atoms with van der Waals surface area (Å²) in [5, 5.41) is 3.46. The minimum atomic E-state index is -0.160. The zero-order chi connectivity index (χ0) is 14.1. The molecular formula is C16H25BrFN. The number of benzene rings is 1. The van der Waals surface area contributed by atoms with E-state index in [-0.39, 0.29) is 11.9 Å². The molecule has 1 unspecified atom stereocenters. The van der Waals surface area contributed by atoms with Crippen LogP contribution in [0.3, 0.4) is 0 Å². The molecule has 3 heteroatoms. The first-order chi connectivity index (χ1) is 9.19. The van der Waals surface area contributed by atoms with Crippen LogP contribution in [0.15, 0.2) is 22.7 Å². The molecule has 0 aliphatic carbocycles. The van der Waals surface area contributed by atoms with Crippen LogP contribution in [0.5, 0.6) is 0 Å². The van der Waals surface area contributed by atoms with Crippen molar-refractivity contribution >= 4 is 15.9 Å². The van der Waals surface area contributed by atoms with Crippen LogP contribution in [0.4, 0.5) is 4.39 Å². The molecule has 0 amide bonds. The van der Waals surface area contributed by atoms with E-state index in [0.29, 0.717) is 0 Å². The third-order valence-electron chi connectivity index (χ3n) is 3.38. The predicted molar refractivity (Wildman–Crippen MR) is 83.9 cm³/mol. The molecular weight excluding hydrogens is 305 g/mol. The Morgan fingerprint density at radius 2 is 1.89 bits per heavy atom. The molecule has 0 aliphatic rings. The molecule has 108 valence electrons. The van der Waals surface area contributed by atoms with E-state index in [2.05, 4.69) is 35.1 Å². The molecule has 1 aromatic carbocycles. The van der Waals surface area contributed by atoms with Crippen molar-refractivity contribution in [3.63, 3.8) is 0 Å². The van der Waals surface area contributed by atoms with Gasteiger partial charge in [0.15, 0.2) is 0 Å². The first kappa shape index (κ1) is 16.6. The van der Waals surface area contributed by atoms with E-state index in [4.69, 9.17) is 0 Å². The average molecular weight is 330 g/mol. The summed E-state index contributed by atoms with van der Waals surface area (Å²) in [7, 11) is 0. The first-order valence-electron chi connectivity index (χ1n) is 7.37. The first-order valence-corrected chi connectivity index (χ1v) is 8.16. The Labute approximate surface area is 125 Å². The van der Waals surface area contributed by atoms with E-state index < -0.39 is 0 Å². The van der Waals surface area contributed by atoms with Gasteiger partial charge in [0.2, 0.25) is 0 Å². The lowest BCUT2D eigenvalue weighted by molar-refractivity contribution is 0.475. The highest BCUT2D eigenvalue weighted by atomic mass is 79.9. The number of halogens is 2. The third-order valence-corrected chi connectivity index (χ3v) is 4.10. The zero-order valence-electron chi connectivity index (χ0n) is 12.0. The van der Waals surface area contributed by atoms with Gasteiger partial charge in [-0.3, -0.25) is 0 Å². The Balaban J connectivity index is 2.58. The summed E-state index contributed by atoms with van der Waals surface area (Å²) in [5.41, 5.74) is 1.04. The predicted octanol–water partition coefficient (Wildman–Crippen LogP) is 5.60. The lowest BCUT2D eigenvalue weighted by atomic mass is 9.99. The van der Waals surface area contributed by atoms with E-state index in [1.54, 1.807) is 12.1 Å². The summed E-state index contributed by atoms with van der Waals surface area (Å²) in [6, 6.07) is 5.18. The Morgan fingerprint density at radius 1 is 1.16 bits per heavy atom. The van der Waals surface area contributed by atoms with Gasteiger partial charge in [-0.25, -0.2) is 4.39 Å². The number of hydrogen-bond acceptors (Lipinski definition) is 1. The quantitative estimate of drug-likeness (QED) is 0.581. The minimum Gasteiger partial charge on any atom is -0.310 e. The van der Waals surface area contributed by atoms with Crippen molar-refractivity contribution < 1.29 is 4.39 Å². The lowest BCUT2D eigenvalue weighted by Gasteiger charge is -2.20. The second kappa shape index (κ2) is 9.49. The van der Waals surface area contributed by atoms with Crippen LogP contribution in [0.25, 0.3) is 0 Å². The fraction of sp³-hybridized carbons (Fsp3) is 0.625. The maximum absolute atomic E-state index is 13.4. The Hall–Kier alpha value is -0.410. The van der Waals surface area contributed by atoms with Gasteiger partial charge in [-0.1, -0.05) is 61.9 Å². The summed E-state index contributed by atoms with van der Waals surface area (Å²) < 4.78 is 14.4. The molecule has 0 spiro atoms. The average Bonchev–Trinajstić information content (AvgIpc) is 2.40. The van der Waals surface area contributed by atoms with Gasteiger partial charge in [0, 0.05) is 10.5 Å².